The van der Waals surface area contributed by atoms with E-state index in [2.05, 4.69) is 19.2 Å². The predicted molar refractivity (Wildman–Crippen MR) is 201 cm³/mol. The van der Waals surface area contributed by atoms with Gasteiger partial charge in [-0.15, -0.1) is 0 Å². The van der Waals surface area contributed by atoms with Crippen molar-refractivity contribution in [1.29, 1.82) is 0 Å². The Morgan fingerprint density at radius 1 is 0.608 bits per heavy atom. The molecule has 0 aromatic heterocycles. The Morgan fingerprint density at radius 3 is 1.45 bits per heavy atom. The van der Waals surface area contributed by atoms with Crippen molar-refractivity contribution >= 4 is 5.91 Å². The van der Waals surface area contributed by atoms with E-state index in [0.717, 1.165) is 38.5 Å². The van der Waals surface area contributed by atoms with Gasteiger partial charge in [0.2, 0.25) is 5.91 Å². The molecule has 1 heterocycles. The number of hydrogen-bond donors (Lipinski definition) is 8. The topological polar surface area (TPSA) is 189 Å². The van der Waals surface area contributed by atoms with Crippen LogP contribution in [0.2, 0.25) is 0 Å². The molecule has 1 saturated heterocycles. The summed E-state index contributed by atoms with van der Waals surface area (Å²) in [5.74, 6) is -0.700. The molecule has 51 heavy (non-hydrogen) atoms. The summed E-state index contributed by atoms with van der Waals surface area (Å²) < 4.78 is 11.0. The molecule has 1 aliphatic rings. The number of carbonyl (C=O) groups is 1. The van der Waals surface area contributed by atoms with Gasteiger partial charge in [0.15, 0.2) is 6.29 Å². The zero-order valence-corrected chi connectivity index (χ0v) is 32.4. The van der Waals surface area contributed by atoms with Gasteiger partial charge in [0.1, 0.15) is 36.6 Å². The second-order valence-corrected chi connectivity index (χ2v) is 15.1. The summed E-state index contributed by atoms with van der Waals surface area (Å²) in [4.78, 5) is 12.9. The Hall–Kier alpha value is -0.890. The number of aliphatic hydroxyl groups excluding tert-OH is 7. The summed E-state index contributed by atoms with van der Waals surface area (Å²) >= 11 is 0. The van der Waals surface area contributed by atoms with Gasteiger partial charge in [-0.25, -0.2) is 0 Å². The van der Waals surface area contributed by atoms with Gasteiger partial charge in [-0.3, -0.25) is 4.79 Å². The zero-order chi connectivity index (χ0) is 37.7. The highest BCUT2D eigenvalue weighted by atomic mass is 16.7. The first-order chi connectivity index (χ1) is 24.7. The summed E-state index contributed by atoms with van der Waals surface area (Å²) in [7, 11) is 0. The molecule has 0 aromatic carbocycles. The van der Waals surface area contributed by atoms with Crippen LogP contribution in [0.25, 0.3) is 0 Å². The number of carbonyl (C=O) groups excluding carboxylic acids is 1. The van der Waals surface area contributed by atoms with E-state index in [-0.39, 0.29) is 6.42 Å². The second kappa shape index (κ2) is 31.5. The number of ether oxygens (including phenoxy) is 2. The number of hydrogen-bond acceptors (Lipinski definition) is 10. The first-order valence-electron chi connectivity index (χ1n) is 20.9. The zero-order valence-electron chi connectivity index (χ0n) is 32.4. The number of amides is 1. The summed E-state index contributed by atoms with van der Waals surface area (Å²) in [5.41, 5.74) is 0. The third-order valence-corrected chi connectivity index (χ3v) is 10.4. The van der Waals surface area contributed by atoms with Gasteiger partial charge in [-0.1, -0.05) is 168 Å². The SMILES string of the molecule is CCCCCCCCCCCCCCCCCCC(O)C(O)C(COC1OC(CO)C(O)C(O)C1O)NC(=O)C(O)CCCCCCCCCC. The van der Waals surface area contributed by atoms with Crippen molar-refractivity contribution in [3.05, 3.63) is 0 Å². The van der Waals surface area contributed by atoms with Gasteiger partial charge in [0, 0.05) is 0 Å². The van der Waals surface area contributed by atoms with Crippen LogP contribution >= 0.6 is 0 Å². The average molecular weight is 734 g/mol. The maximum absolute atomic E-state index is 12.9. The molecule has 1 aliphatic heterocycles. The predicted octanol–water partition coefficient (Wildman–Crippen LogP) is 5.55. The minimum atomic E-state index is -1.65. The molecule has 9 atom stereocenters. The standard InChI is InChI=1S/C40H79NO10/c1-3-5-7-9-11-13-14-15-16-17-18-19-20-22-23-25-27-32(43)35(45)31(30-50-40-38(48)37(47)36(46)34(29-42)51-40)41-39(49)33(44)28-26-24-21-12-10-8-6-4-2/h31-38,40,42-48H,3-30H2,1-2H3,(H,41,49). The minimum absolute atomic E-state index is 0.263. The number of unbranched alkanes of at least 4 members (excludes halogenated alkanes) is 22. The van der Waals surface area contributed by atoms with E-state index in [1.807, 2.05) is 0 Å². The minimum Gasteiger partial charge on any atom is -0.394 e. The van der Waals surface area contributed by atoms with Crippen molar-refractivity contribution in [2.24, 2.45) is 0 Å². The van der Waals surface area contributed by atoms with Crippen molar-refractivity contribution < 1.29 is 50.0 Å². The molecule has 1 fully saturated rings. The Labute approximate surface area is 309 Å². The molecule has 8 N–H and O–H groups in total. The van der Waals surface area contributed by atoms with E-state index in [1.165, 1.54) is 103 Å². The van der Waals surface area contributed by atoms with E-state index in [4.69, 9.17) is 9.47 Å². The monoisotopic (exact) mass is 734 g/mol. The first-order valence-corrected chi connectivity index (χ1v) is 20.9. The normalized spacial score (nSPS) is 23.2. The summed E-state index contributed by atoms with van der Waals surface area (Å²) in [6, 6.07) is -1.16. The van der Waals surface area contributed by atoms with Crippen molar-refractivity contribution in [3.8, 4) is 0 Å². The van der Waals surface area contributed by atoms with Crippen LogP contribution < -0.4 is 5.32 Å². The average Bonchev–Trinajstić information content (AvgIpc) is 3.13. The lowest BCUT2D eigenvalue weighted by molar-refractivity contribution is -0.303. The molecular weight excluding hydrogens is 654 g/mol. The number of nitrogens with one attached hydrogen (secondary N) is 1. The maximum atomic E-state index is 12.9. The highest BCUT2D eigenvalue weighted by Crippen LogP contribution is 2.23. The molecule has 0 aromatic rings. The number of rotatable bonds is 34. The van der Waals surface area contributed by atoms with E-state index >= 15 is 0 Å². The van der Waals surface area contributed by atoms with E-state index < -0.39 is 74.2 Å². The lowest BCUT2D eigenvalue weighted by Crippen LogP contribution is -2.60. The van der Waals surface area contributed by atoms with Gasteiger partial charge in [0.25, 0.3) is 0 Å². The summed E-state index contributed by atoms with van der Waals surface area (Å²) in [5, 5.41) is 75.2. The molecule has 9 unspecified atom stereocenters. The molecule has 11 nitrogen and oxygen atoms in total. The Balaban J connectivity index is 2.48. The van der Waals surface area contributed by atoms with Crippen LogP contribution in [-0.2, 0) is 14.3 Å². The van der Waals surface area contributed by atoms with Crippen LogP contribution in [-0.4, -0.2) is 110 Å². The van der Waals surface area contributed by atoms with E-state index in [9.17, 15) is 40.5 Å². The molecule has 0 spiro atoms. The van der Waals surface area contributed by atoms with Crippen LogP contribution in [0.15, 0.2) is 0 Å². The fourth-order valence-electron chi connectivity index (χ4n) is 6.85. The lowest BCUT2D eigenvalue weighted by atomic mass is 9.98. The molecular formula is C40H79NO10. The Morgan fingerprint density at radius 2 is 1.02 bits per heavy atom. The summed E-state index contributed by atoms with van der Waals surface area (Å²) in [6.45, 7) is 3.38. The third-order valence-electron chi connectivity index (χ3n) is 10.4. The molecule has 0 radical (unpaired) electrons. The molecule has 1 amide bonds. The van der Waals surface area contributed by atoms with Crippen molar-refractivity contribution in [2.75, 3.05) is 13.2 Å². The first kappa shape index (κ1) is 48.1. The summed E-state index contributed by atoms with van der Waals surface area (Å²) in [6.07, 6.45) is 17.4. The molecule has 0 aliphatic carbocycles. The fraction of sp³-hybridized carbons (Fsp3) is 0.975. The van der Waals surface area contributed by atoms with Crippen molar-refractivity contribution in [3.63, 3.8) is 0 Å². The van der Waals surface area contributed by atoms with Crippen molar-refractivity contribution in [2.45, 2.75) is 236 Å². The molecule has 0 saturated carbocycles. The third kappa shape index (κ3) is 22.2. The van der Waals surface area contributed by atoms with Crippen LogP contribution in [0.1, 0.15) is 181 Å². The second-order valence-electron chi connectivity index (χ2n) is 15.1. The van der Waals surface area contributed by atoms with E-state index in [0.29, 0.717) is 19.3 Å². The van der Waals surface area contributed by atoms with Crippen molar-refractivity contribution in [1.82, 2.24) is 5.32 Å². The van der Waals surface area contributed by atoms with Crippen LogP contribution in [0.5, 0.6) is 0 Å². The van der Waals surface area contributed by atoms with Gasteiger partial charge in [-0.05, 0) is 12.8 Å². The smallest absolute Gasteiger partial charge is 0.249 e. The van der Waals surface area contributed by atoms with Crippen LogP contribution in [0.4, 0.5) is 0 Å². The maximum Gasteiger partial charge on any atom is 0.249 e. The van der Waals surface area contributed by atoms with Gasteiger partial charge >= 0.3 is 0 Å². The highest BCUT2D eigenvalue weighted by molar-refractivity contribution is 5.80. The number of aliphatic hydroxyl groups is 7. The van der Waals surface area contributed by atoms with Gasteiger partial charge in [0.05, 0.1) is 25.4 Å². The quantitative estimate of drug-likeness (QED) is 0.0390. The Kier molecular flexibility index (Phi) is 29.7. The molecule has 11 heteroatoms. The molecule has 0 bridgehead atoms. The van der Waals surface area contributed by atoms with Gasteiger partial charge in [-0.2, -0.15) is 0 Å². The van der Waals surface area contributed by atoms with E-state index in [1.54, 1.807) is 0 Å². The molecule has 1 rings (SSSR count). The van der Waals surface area contributed by atoms with Crippen LogP contribution in [0.3, 0.4) is 0 Å². The highest BCUT2D eigenvalue weighted by Gasteiger charge is 2.44. The molecule has 304 valence electrons. The van der Waals surface area contributed by atoms with Crippen LogP contribution in [0, 0.1) is 0 Å². The largest absolute Gasteiger partial charge is 0.394 e. The lowest BCUT2D eigenvalue weighted by Gasteiger charge is -2.40. The Bertz CT molecular complexity index is 805. The van der Waals surface area contributed by atoms with Gasteiger partial charge < -0.3 is 50.5 Å². The fourth-order valence-corrected chi connectivity index (χ4v) is 6.85.